The van der Waals surface area contributed by atoms with E-state index >= 15 is 0 Å². The first kappa shape index (κ1) is 25.5. The second-order valence-corrected chi connectivity index (χ2v) is 8.03. The van der Waals surface area contributed by atoms with Crippen LogP contribution in [0.25, 0.3) is 0 Å². The molecule has 1 aromatic carbocycles. The van der Waals surface area contributed by atoms with Gasteiger partial charge in [0.05, 0.1) is 18.0 Å². The van der Waals surface area contributed by atoms with Crippen molar-refractivity contribution in [3.8, 4) is 5.75 Å². The van der Waals surface area contributed by atoms with E-state index in [-0.39, 0.29) is 22.8 Å². The molecule has 30 heavy (non-hydrogen) atoms. The summed E-state index contributed by atoms with van der Waals surface area (Å²) in [6.45, 7) is 5.32. The molecule has 1 heterocycles. The summed E-state index contributed by atoms with van der Waals surface area (Å²) in [7, 11) is -3.17. The maximum atomic E-state index is 11.7. The van der Waals surface area contributed by atoms with E-state index in [2.05, 4.69) is 29.5 Å². The number of hydrogen-bond donors (Lipinski definition) is 6. The molecule has 1 aromatic heterocycles. The number of aliphatic hydroxyl groups is 1. The number of β-amino-alcohol motifs (C(OH)–C–C–N with tert-alkyl or cyclic N) is 1. The predicted octanol–water partition coefficient (Wildman–Crippen LogP) is 0.787. The first-order valence-corrected chi connectivity index (χ1v) is 10.4. The van der Waals surface area contributed by atoms with Crippen LogP contribution in [-0.2, 0) is 16.9 Å². The molecular formula is C18H28N4O7S. The van der Waals surface area contributed by atoms with Crippen molar-refractivity contribution in [3.63, 3.8) is 0 Å². The monoisotopic (exact) mass is 444 g/mol. The number of aliphatic hydroxyl groups excluding tert-OH is 1. The standard InChI is InChI=1S/C18H26N4O3.H2O4S/c1-18(2,6-8-22-9-7-20-12-22)21-11-16(24)13-4-5-15(23)14(10-13)17(25)19-3;1-5(2,3)4/h4-5,7,9-10,12,16,21,23-24H,6,8,11H2,1-3H3,(H,19,25);(H2,1,2,3,4). The summed E-state index contributed by atoms with van der Waals surface area (Å²) in [6, 6.07) is 4.55. The van der Waals surface area contributed by atoms with E-state index in [0.29, 0.717) is 12.1 Å². The van der Waals surface area contributed by atoms with Gasteiger partial charge in [0.15, 0.2) is 0 Å². The summed E-state index contributed by atoms with van der Waals surface area (Å²) in [5, 5.41) is 26.0. The Labute approximate surface area is 175 Å². The zero-order valence-corrected chi connectivity index (χ0v) is 17.8. The molecule has 1 atom stereocenters. The minimum absolute atomic E-state index is 0.107. The van der Waals surface area contributed by atoms with Gasteiger partial charge in [0.25, 0.3) is 5.91 Å². The van der Waals surface area contributed by atoms with Gasteiger partial charge in [-0.3, -0.25) is 13.9 Å². The van der Waals surface area contributed by atoms with Crippen LogP contribution in [0.1, 0.15) is 42.3 Å². The van der Waals surface area contributed by atoms with E-state index in [1.165, 1.54) is 19.2 Å². The number of benzene rings is 1. The van der Waals surface area contributed by atoms with E-state index in [1.54, 1.807) is 18.6 Å². The number of aryl methyl sites for hydroxylation is 1. The third-order valence-electron chi connectivity index (χ3n) is 4.21. The number of phenolic OH excluding ortho intramolecular Hbond substituents is 1. The van der Waals surface area contributed by atoms with Gasteiger partial charge < -0.3 is 25.4 Å². The normalized spacial score (nSPS) is 12.6. The zero-order chi connectivity index (χ0) is 22.9. The average Bonchev–Trinajstić information content (AvgIpc) is 3.17. The number of phenols is 1. The van der Waals surface area contributed by atoms with E-state index in [9.17, 15) is 15.0 Å². The van der Waals surface area contributed by atoms with Gasteiger partial charge in [-0.25, -0.2) is 4.98 Å². The summed E-state index contributed by atoms with van der Waals surface area (Å²) in [4.78, 5) is 15.8. The smallest absolute Gasteiger partial charge is 0.394 e. The molecule has 0 radical (unpaired) electrons. The molecule has 12 heteroatoms. The van der Waals surface area contributed by atoms with Crippen molar-refractivity contribution in [1.29, 1.82) is 0 Å². The van der Waals surface area contributed by atoms with Crippen molar-refractivity contribution < 1.29 is 32.5 Å². The Balaban J connectivity index is 0.000000804. The van der Waals surface area contributed by atoms with E-state index in [4.69, 9.17) is 17.5 Å². The summed E-state index contributed by atoms with van der Waals surface area (Å²) in [5.74, 6) is -0.496. The molecule has 1 unspecified atom stereocenters. The van der Waals surface area contributed by atoms with Gasteiger partial charge >= 0.3 is 10.4 Å². The highest BCUT2D eigenvalue weighted by molar-refractivity contribution is 7.79. The Hall–Kier alpha value is -2.51. The van der Waals surface area contributed by atoms with Crippen LogP contribution in [0.2, 0.25) is 0 Å². The Kier molecular flexibility index (Phi) is 9.39. The van der Waals surface area contributed by atoms with Crippen LogP contribution in [0.15, 0.2) is 36.9 Å². The Morgan fingerprint density at radius 2 is 1.93 bits per heavy atom. The molecule has 0 spiro atoms. The van der Waals surface area contributed by atoms with Gasteiger partial charge in [-0.1, -0.05) is 6.07 Å². The fourth-order valence-electron chi connectivity index (χ4n) is 2.48. The lowest BCUT2D eigenvalue weighted by Crippen LogP contribution is -2.42. The molecule has 0 bridgehead atoms. The molecule has 2 rings (SSSR count). The van der Waals surface area contributed by atoms with Crippen molar-refractivity contribution in [2.24, 2.45) is 0 Å². The second kappa shape index (κ2) is 11.0. The number of rotatable bonds is 8. The highest BCUT2D eigenvalue weighted by Crippen LogP contribution is 2.23. The molecule has 6 N–H and O–H groups in total. The van der Waals surface area contributed by atoms with Crippen LogP contribution < -0.4 is 10.6 Å². The SMILES string of the molecule is CNC(=O)c1cc(C(O)CNC(C)(C)CCn2ccnc2)ccc1O.O=S(=O)(O)O. The quantitative estimate of drug-likeness (QED) is 0.322. The van der Waals surface area contributed by atoms with Gasteiger partial charge in [-0.2, -0.15) is 8.42 Å². The number of amides is 1. The predicted molar refractivity (Wildman–Crippen MR) is 110 cm³/mol. The Morgan fingerprint density at radius 1 is 1.30 bits per heavy atom. The average molecular weight is 445 g/mol. The van der Waals surface area contributed by atoms with Crippen molar-refractivity contribution in [2.75, 3.05) is 13.6 Å². The molecule has 0 saturated carbocycles. The Morgan fingerprint density at radius 3 is 2.47 bits per heavy atom. The first-order chi connectivity index (χ1) is 13.8. The number of carbonyl (C=O) groups is 1. The van der Waals surface area contributed by atoms with Gasteiger partial charge in [0.1, 0.15) is 5.75 Å². The van der Waals surface area contributed by atoms with Gasteiger partial charge in [-0.15, -0.1) is 0 Å². The number of imidazole rings is 1. The van der Waals surface area contributed by atoms with Gasteiger partial charge in [0.2, 0.25) is 0 Å². The maximum absolute atomic E-state index is 11.7. The topological polar surface area (TPSA) is 174 Å². The minimum atomic E-state index is -4.67. The lowest BCUT2D eigenvalue weighted by molar-refractivity contribution is 0.0960. The van der Waals surface area contributed by atoms with E-state index in [0.717, 1.165) is 13.0 Å². The molecule has 0 aliphatic heterocycles. The number of hydrogen-bond acceptors (Lipinski definition) is 7. The van der Waals surface area contributed by atoms with Crippen molar-refractivity contribution in [3.05, 3.63) is 48.0 Å². The molecule has 11 nitrogen and oxygen atoms in total. The molecule has 0 fully saturated rings. The Bertz CT molecular complexity index is 907. The molecular weight excluding hydrogens is 416 g/mol. The number of nitrogens with zero attached hydrogens (tertiary/aromatic N) is 2. The van der Waals surface area contributed by atoms with Crippen molar-refractivity contribution >= 4 is 16.3 Å². The summed E-state index contributed by atoms with van der Waals surface area (Å²) in [6.07, 6.45) is 5.54. The van der Waals surface area contributed by atoms with E-state index < -0.39 is 16.5 Å². The minimum Gasteiger partial charge on any atom is -0.507 e. The van der Waals surface area contributed by atoms with Gasteiger partial charge in [0, 0.05) is 38.1 Å². The highest BCUT2D eigenvalue weighted by Gasteiger charge is 2.20. The number of aromatic nitrogens is 2. The second-order valence-electron chi connectivity index (χ2n) is 7.13. The third kappa shape index (κ3) is 9.80. The molecule has 0 aliphatic carbocycles. The van der Waals surface area contributed by atoms with Crippen LogP contribution in [0.3, 0.4) is 0 Å². The lowest BCUT2D eigenvalue weighted by atomic mass is 9.99. The van der Waals surface area contributed by atoms with E-state index in [1.807, 2.05) is 10.8 Å². The molecule has 2 aromatic rings. The van der Waals surface area contributed by atoms with Crippen LogP contribution in [0.4, 0.5) is 0 Å². The largest absolute Gasteiger partial charge is 0.507 e. The molecule has 1 amide bonds. The fraction of sp³-hybridized carbons (Fsp3) is 0.444. The number of aromatic hydroxyl groups is 1. The van der Waals surface area contributed by atoms with Crippen LogP contribution in [0.5, 0.6) is 5.75 Å². The summed E-state index contributed by atoms with van der Waals surface area (Å²) < 4.78 is 33.6. The van der Waals surface area contributed by atoms with Crippen LogP contribution >= 0.6 is 0 Å². The molecule has 0 saturated heterocycles. The zero-order valence-electron chi connectivity index (χ0n) is 17.0. The lowest BCUT2D eigenvalue weighted by Gasteiger charge is -2.28. The van der Waals surface area contributed by atoms with Crippen molar-refractivity contribution in [2.45, 2.75) is 38.5 Å². The summed E-state index contributed by atoms with van der Waals surface area (Å²) >= 11 is 0. The number of nitrogens with one attached hydrogen (secondary N) is 2. The van der Waals surface area contributed by atoms with Gasteiger partial charge in [-0.05, 0) is 38.0 Å². The number of carbonyl (C=O) groups excluding carboxylic acids is 1. The third-order valence-corrected chi connectivity index (χ3v) is 4.21. The fourth-order valence-corrected chi connectivity index (χ4v) is 2.48. The molecule has 0 aliphatic rings. The molecule has 168 valence electrons. The summed E-state index contributed by atoms with van der Waals surface area (Å²) in [5.41, 5.74) is 0.555. The van der Waals surface area contributed by atoms with Crippen LogP contribution in [-0.4, -0.2) is 62.3 Å². The van der Waals surface area contributed by atoms with Crippen molar-refractivity contribution in [1.82, 2.24) is 20.2 Å². The maximum Gasteiger partial charge on any atom is 0.394 e. The first-order valence-electron chi connectivity index (χ1n) is 8.96. The van der Waals surface area contributed by atoms with Crippen LogP contribution in [0, 0.1) is 0 Å². The highest BCUT2D eigenvalue weighted by atomic mass is 32.3.